The van der Waals surface area contributed by atoms with E-state index in [0.29, 0.717) is 12.0 Å². The van der Waals surface area contributed by atoms with Gasteiger partial charge in [-0.15, -0.1) is 0 Å². The lowest BCUT2D eigenvalue weighted by atomic mass is 10.1. The molecule has 22 heavy (non-hydrogen) atoms. The molecule has 1 N–H and O–H groups in total. The number of hydrogen-bond acceptors (Lipinski definition) is 5. The minimum absolute atomic E-state index is 0.306. The number of nitrogens with one attached hydrogen (secondary N) is 1. The minimum Gasteiger partial charge on any atom is -0.369 e. The summed E-state index contributed by atoms with van der Waals surface area (Å²) in [6, 6.07) is 0.697. The van der Waals surface area contributed by atoms with E-state index in [9.17, 15) is 0 Å². The summed E-state index contributed by atoms with van der Waals surface area (Å²) in [7, 11) is 4.15. The van der Waals surface area contributed by atoms with Gasteiger partial charge in [0.15, 0.2) is 5.65 Å². The highest BCUT2D eigenvalue weighted by Crippen LogP contribution is 2.23. The van der Waals surface area contributed by atoms with Crippen molar-refractivity contribution in [2.24, 2.45) is 7.05 Å². The van der Waals surface area contributed by atoms with Crippen molar-refractivity contribution in [3.8, 4) is 0 Å². The molecule has 0 amide bonds. The standard InChI is InChI=1S/C16H26N6/c1-11(2)14-19-15(13-10-18-22(4)16(13)20-14)17-8-7-12-6-5-9-21(12)3/h10-12H,5-9H2,1-4H3,(H,17,19,20)/t12-/m0/s1. The fraction of sp³-hybridized carbons (Fsp3) is 0.688. The first kappa shape index (κ1) is 15.2. The smallest absolute Gasteiger partial charge is 0.163 e. The molecule has 0 bridgehead atoms. The van der Waals surface area contributed by atoms with Gasteiger partial charge >= 0.3 is 0 Å². The van der Waals surface area contributed by atoms with Crippen LogP contribution < -0.4 is 5.32 Å². The Morgan fingerprint density at radius 2 is 2.14 bits per heavy atom. The molecule has 120 valence electrons. The molecule has 1 atom stereocenters. The van der Waals surface area contributed by atoms with Crippen molar-refractivity contribution in [3.05, 3.63) is 12.0 Å². The van der Waals surface area contributed by atoms with Gasteiger partial charge in [-0.25, -0.2) is 9.97 Å². The predicted molar refractivity (Wildman–Crippen MR) is 89.2 cm³/mol. The van der Waals surface area contributed by atoms with E-state index in [1.807, 2.05) is 17.9 Å². The number of aromatic nitrogens is 4. The molecule has 1 fully saturated rings. The van der Waals surface area contributed by atoms with Crippen molar-refractivity contribution in [1.82, 2.24) is 24.6 Å². The number of fused-ring (bicyclic) bond motifs is 1. The van der Waals surface area contributed by atoms with Crippen LogP contribution >= 0.6 is 0 Å². The Labute approximate surface area is 131 Å². The lowest BCUT2D eigenvalue weighted by Gasteiger charge is -2.19. The Kier molecular flexibility index (Phi) is 4.29. The molecule has 6 heteroatoms. The van der Waals surface area contributed by atoms with Crippen LogP contribution in [0.4, 0.5) is 5.82 Å². The van der Waals surface area contributed by atoms with Crippen molar-refractivity contribution in [3.63, 3.8) is 0 Å². The minimum atomic E-state index is 0.306. The molecule has 0 radical (unpaired) electrons. The lowest BCUT2D eigenvalue weighted by molar-refractivity contribution is 0.301. The summed E-state index contributed by atoms with van der Waals surface area (Å²) in [6.45, 7) is 6.40. The second kappa shape index (κ2) is 6.20. The van der Waals surface area contributed by atoms with Crippen LogP contribution in [0.2, 0.25) is 0 Å². The Hall–Kier alpha value is -1.69. The second-order valence-electron chi connectivity index (χ2n) is 6.58. The van der Waals surface area contributed by atoms with Crippen LogP contribution in [0.5, 0.6) is 0 Å². The quantitative estimate of drug-likeness (QED) is 0.919. The highest BCUT2D eigenvalue weighted by Gasteiger charge is 2.20. The molecule has 0 unspecified atom stereocenters. The maximum absolute atomic E-state index is 4.71. The Balaban J connectivity index is 1.77. The predicted octanol–water partition coefficient (Wildman–Crippen LogP) is 2.38. The average molecular weight is 302 g/mol. The van der Waals surface area contributed by atoms with E-state index in [0.717, 1.165) is 35.6 Å². The largest absolute Gasteiger partial charge is 0.369 e. The van der Waals surface area contributed by atoms with Gasteiger partial charge in [0.05, 0.1) is 11.6 Å². The number of anilines is 1. The third-order valence-corrected chi connectivity index (χ3v) is 4.57. The van der Waals surface area contributed by atoms with Crippen molar-refractivity contribution >= 4 is 16.9 Å². The van der Waals surface area contributed by atoms with Crippen molar-refractivity contribution < 1.29 is 0 Å². The first-order valence-electron chi connectivity index (χ1n) is 8.20. The SMILES string of the molecule is CC(C)c1nc(NCC[C@@H]2CCCN2C)c2cnn(C)c2n1. The molecule has 3 rings (SSSR count). The average Bonchev–Trinajstić information content (AvgIpc) is 3.06. The summed E-state index contributed by atoms with van der Waals surface area (Å²) in [4.78, 5) is 11.8. The van der Waals surface area contributed by atoms with Crippen molar-refractivity contribution in [1.29, 1.82) is 0 Å². The van der Waals surface area contributed by atoms with Gasteiger partial charge in [0.25, 0.3) is 0 Å². The number of rotatable bonds is 5. The molecule has 0 aliphatic carbocycles. The molecule has 6 nitrogen and oxygen atoms in total. The summed E-state index contributed by atoms with van der Waals surface area (Å²) >= 11 is 0. The van der Waals surface area contributed by atoms with Crippen LogP contribution in [-0.4, -0.2) is 50.8 Å². The highest BCUT2D eigenvalue weighted by atomic mass is 15.3. The van der Waals surface area contributed by atoms with Gasteiger partial charge < -0.3 is 10.2 Å². The first-order chi connectivity index (χ1) is 10.6. The van der Waals surface area contributed by atoms with Crippen LogP contribution in [0.3, 0.4) is 0 Å². The topological polar surface area (TPSA) is 58.9 Å². The maximum atomic E-state index is 4.71. The molecule has 0 spiro atoms. The molecule has 1 saturated heterocycles. The second-order valence-corrected chi connectivity index (χ2v) is 6.58. The molecule has 2 aromatic rings. The van der Waals surface area contributed by atoms with Crippen LogP contribution in [-0.2, 0) is 7.05 Å². The number of likely N-dealkylation sites (tertiary alicyclic amines) is 1. The van der Waals surface area contributed by atoms with Crippen LogP contribution in [0.15, 0.2) is 6.20 Å². The third-order valence-electron chi connectivity index (χ3n) is 4.57. The summed E-state index contributed by atoms with van der Waals surface area (Å²) < 4.78 is 1.82. The fourth-order valence-corrected chi connectivity index (χ4v) is 3.13. The molecule has 3 heterocycles. The zero-order valence-electron chi connectivity index (χ0n) is 14.0. The third kappa shape index (κ3) is 2.92. The molecule has 1 aliphatic heterocycles. The molecule has 0 aromatic carbocycles. The lowest BCUT2D eigenvalue weighted by Crippen LogP contribution is -2.27. The van der Waals surface area contributed by atoms with Crippen LogP contribution in [0.1, 0.15) is 44.9 Å². The summed E-state index contributed by atoms with van der Waals surface area (Å²) in [5.41, 5.74) is 0.902. The first-order valence-corrected chi connectivity index (χ1v) is 8.20. The number of hydrogen-bond donors (Lipinski definition) is 1. The number of nitrogens with zero attached hydrogens (tertiary/aromatic N) is 5. The monoisotopic (exact) mass is 302 g/mol. The van der Waals surface area contributed by atoms with Crippen LogP contribution in [0, 0.1) is 0 Å². The van der Waals surface area contributed by atoms with Gasteiger partial charge in [-0.3, -0.25) is 4.68 Å². The zero-order chi connectivity index (χ0) is 15.7. The fourth-order valence-electron chi connectivity index (χ4n) is 3.13. The number of aryl methyl sites for hydroxylation is 1. The summed E-state index contributed by atoms with van der Waals surface area (Å²) in [5.74, 6) is 2.10. The van der Waals surface area contributed by atoms with Gasteiger partial charge in [0, 0.05) is 25.6 Å². The molecule has 0 saturated carbocycles. The van der Waals surface area contributed by atoms with Gasteiger partial charge in [0.2, 0.25) is 0 Å². The summed E-state index contributed by atoms with van der Waals surface area (Å²) in [6.07, 6.45) is 5.63. The van der Waals surface area contributed by atoms with E-state index in [4.69, 9.17) is 4.98 Å². The molecule has 2 aromatic heterocycles. The van der Waals surface area contributed by atoms with Crippen LogP contribution in [0.25, 0.3) is 11.0 Å². The normalized spacial score (nSPS) is 19.4. The molecular formula is C16H26N6. The van der Waals surface area contributed by atoms with E-state index >= 15 is 0 Å². The molecule has 1 aliphatic rings. The maximum Gasteiger partial charge on any atom is 0.163 e. The van der Waals surface area contributed by atoms with Crippen molar-refractivity contribution in [2.45, 2.75) is 45.1 Å². The molecular weight excluding hydrogens is 276 g/mol. The Bertz CT molecular complexity index is 647. The van der Waals surface area contributed by atoms with Crippen molar-refractivity contribution in [2.75, 3.05) is 25.5 Å². The van der Waals surface area contributed by atoms with Gasteiger partial charge in [-0.2, -0.15) is 5.10 Å². The van der Waals surface area contributed by atoms with Gasteiger partial charge in [-0.05, 0) is 32.9 Å². The van der Waals surface area contributed by atoms with E-state index in [1.165, 1.54) is 19.4 Å². The van der Waals surface area contributed by atoms with E-state index < -0.39 is 0 Å². The van der Waals surface area contributed by atoms with E-state index in [-0.39, 0.29) is 0 Å². The van der Waals surface area contributed by atoms with Gasteiger partial charge in [0.1, 0.15) is 11.6 Å². The highest BCUT2D eigenvalue weighted by molar-refractivity contribution is 5.86. The van der Waals surface area contributed by atoms with E-state index in [2.05, 4.69) is 41.2 Å². The Morgan fingerprint density at radius 3 is 2.82 bits per heavy atom. The van der Waals surface area contributed by atoms with Gasteiger partial charge in [-0.1, -0.05) is 13.8 Å². The Morgan fingerprint density at radius 1 is 1.32 bits per heavy atom. The van der Waals surface area contributed by atoms with E-state index in [1.54, 1.807) is 0 Å². The zero-order valence-corrected chi connectivity index (χ0v) is 14.0. The summed E-state index contributed by atoms with van der Waals surface area (Å²) in [5, 5.41) is 8.84.